The van der Waals surface area contributed by atoms with E-state index in [9.17, 15) is 0 Å². The van der Waals surface area contributed by atoms with E-state index in [-0.39, 0.29) is 0 Å². The van der Waals surface area contributed by atoms with Gasteiger partial charge in [-0.15, -0.1) is 11.3 Å². The van der Waals surface area contributed by atoms with Crippen LogP contribution in [0.25, 0.3) is 11.3 Å². The molecule has 2 aliphatic rings. The molecular weight excluding hydrogens is 478 g/mol. The predicted octanol–water partition coefficient (Wildman–Crippen LogP) is 4.01. The van der Waals surface area contributed by atoms with E-state index in [1.54, 1.807) is 11.3 Å². The number of benzene rings is 1. The molecule has 0 spiro atoms. The Balaban J connectivity index is 0.928. The first-order valence-corrected chi connectivity index (χ1v) is 14.7. The molecule has 7 nitrogen and oxygen atoms in total. The third-order valence-corrected chi connectivity index (χ3v) is 8.55. The Labute approximate surface area is 226 Å². The fourth-order valence-electron chi connectivity index (χ4n) is 5.30. The summed E-state index contributed by atoms with van der Waals surface area (Å²) < 4.78 is 0. The van der Waals surface area contributed by atoms with Crippen LogP contribution >= 0.6 is 11.3 Å². The zero-order valence-corrected chi connectivity index (χ0v) is 23.0. The Morgan fingerprint density at radius 1 is 0.784 bits per heavy atom. The normalized spacial score (nSPS) is 17.8. The van der Waals surface area contributed by atoms with Crippen molar-refractivity contribution in [2.45, 2.75) is 19.3 Å². The number of nitrogens with one attached hydrogen (secondary N) is 1. The highest BCUT2D eigenvalue weighted by molar-refractivity contribution is 7.14. The van der Waals surface area contributed by atoms with Gasteiger partial charge in [0.1, 0.15) is 5.82 Å². The number of piperazine rings is 2. The summed E-state index contributed by atoms with van der Waals surface area (Å²) in [5.41, 5.74) is 3.66. The molecule has 37 heavy (non-hydrogen) atoms. The minimum atomic E-state index is 0.966. The first-order chi connectivity index (χ1) is 18.3. The number of hydrogen-bond acceptors (Lipinski definition) is 8. The van der Waals surface area contributed by atoms with Crippen LogP contribution in [0.5, 0.6) is 0 Å². The van der Waals surface area contributed by atoms with Crippen LogP contribution in [0.4, 0.5) is 10.9 Å². The summed E-state index contributed by atoms with van der Waals surface area (Å²) in [4.78, 5) is 19.4. The summed E-state index contributed by atoms with van der Waals surface area (Å²) in [6, 6.07) is 15.1. The fourth-order valence-corrected chi connectivity index (χ4v) is 5.98. The highest BCUT2D eigenvalue weighted by Gasteiger charge is 2.19. The van der Waals surface area contributed by atoms with Crippen LogP contribution in [0, 0.1) is 0 Å². The second-order valence-corrected chi connectivity index (χ2v) is 11.0. The second-order valence-electron chi connectivity index (χ2n) is 10.1. The van der Waals surface area contributed by atoms with Gasteiger partial charge in [0, 0.05) is 83.1 Å². The van der Waals surface area contributed by atoms with Crippen LogP contribution in [-0.2, 0) is 6.42 Å². The maximum atomic E-state index is 4.61. The molecule has 3 aromatic rings. The van der Waals surface area contributed by atoms with Crippen molar-refractivity contribution in [1.82, 2.24) is 24.7 Å². The molecular formula is C29H41N7S. The minimum absolute atomic E-state index is 0.966. The van der Waals surface area contributed by atoms with E-state index in [1.165, 1.54) is 63.2 Å². The van der Waals surface area contributed by atoms with Crippen molar-refractivity contribution in [3.05, 3.63) is 59.6 Å². The summed E-state index contributed by atoms with van der Waals surface area (Å²) >= 11 is 1.65. The average molecular weight is 520 g/mol. The molecule has 0 saturated carbocycles. The van der Waals surface area contributed by atoms with Crippen molar-refractivity contribution in [1.29, 1.82) is 0 Å². The van der Waals surface area contributed by atoms with Crippen LogP contribution in [0.1, 0.15) is 18.4 Å². The number of anilines is 2. The van der Waals surface area contributed by atoms with Crippen LogP contribution < -0.4 is 10.2 Å². The number of hydrogen-bond donors (Lipinski definition) is 1. The molecule has 4 heterocycles. The van der Waals surface area contributed by atoms with Crippen molar-refractivity contribution in [2.75, 3.05) is 89.3 Å². The largest absolute Gasteiger partial charge is 0.365 e. The smallest absolute Gasteiger partial charge is 0.182 e. The zero-order chi connectivity index (χ0) is 25.3. The third kappa shape index (κ3) is 7.51. The van der Waals surface area contributed by atoms with Crippen molar-refractivity contribution in [3.63, 3.8) is 0 Å². The molecule has 2 aromatic heterocycles. The van der Waals surface area contributed by atoms with Crippen LogP contribution in [0.2, 0.25) is 0 Å². The van der Waals surface area contributed by atoms with Crippen molar-refractivity contribution in [3.8, 4) is 11.3 Å². The van der Waals surface area contributed by atoms with Gasteiger partial charge < -0.3 is 20.0 Å². The van der Waals surface area contributed by atoms with E-state index in [2.05, 4.69) is 76.7 Å². The number of thiazole rings is 1. The van der Waals surface area contributed by atoms with Gasteiger partial charge >= 0.3 is 0 Å². The summed E-state index contributed by atoms with van der Waals surface area (Å²) in [6.45, 7) is 12.9. The Kier molecular flexibility index (Phi) is 9.40. The number of nitrogens with zero attached hydrogens (tertiary/aromatic N) is 6. The topological polar surface area (TPSA) is 50.8 Å². The van der Waals surface area contributed by atoms with Crippen molar-refractivity contribution < 1.29 is 0 Å². The molecule has 1 N–H and O–H groups in total. The SMILES string of the molecule is CNc1nc(-c2ccc(CCN3CCN(CCCCN4CCN(c5ccccn5)CC4)CC3)cc2)cs1. The number of aromatic nitrogens is 2. The number of rotatable bonds is 11. The van der Waals surface area contributed by atoms with Gasteiger partial charge in [0.05, 0.1) is 5.69 Å². The standard InChI is InChI=1S/C29H41N7S/c1-30-29-32-27(24-37-29)26-9-7-25(8-10-26)11-15-35-18-16-33(17-19-35)13-4-5-14-34-20-22-36(23-21-34)28-6-2-3-12-31-28/h2-3,6-10,12,24H,4-5,11,13-23H2,1H3,(H,30,32). The molecule has 5 rings (SSSR count). The van der Waals surface area contributed by atoms with Gasteiger partial charge in [-0.3, -0.25) is 4.90 Å². The summed E-state index contributed by atoms with van der Waals surface area (Å²) in [6.07, 6.45) is 5.62. The molecule has 2 aliphatic heterocycles. The minimum Gasteiger partial charge on any atom is -0.365 e. The maximum Gasteiger partial charge on any atom is 0.182 e. The Bertz CT molecular complexity index is 1060. The number of unbranched alkanes of at least 4 members (excludes halogenated alkanes) is 1. The summed E-state index contributed by atoms with van der Waals surface area (Å²) in [7, 11) is 1.92. The monoisotopic (exact) mass is 519 g/mol. The Hall–Kier alpha value is -2.52. The predicted molar refractivity (Wildman–Crippen MR) is 156 cm³/mol. The first kappa shape index (κ1) is 26.1. The highest BCUT2D eigenvalue weighted by Crippen LogP contribution is 2.25. The van der Waals surface area contributed by atoms with Gasteiger partial charge in [0.2, 0.25) is 0 Å². The van der Waals surface area contributed by atoms with E-state index in [0.29, 0.717) is 0 Å². The highest BCUT2D eigenvalue weighted by atomic mass is 32.1. The van der Waals surface area contributed by atoms with E-state index in [0.717, 1.165) is 55.8 Å². The van der Waals surface area contributed by atoms with Crippen LogP contribution in [0.3, 0.4) is 0 Å². The zero-order valence-electron chi connectivity index (χ0n) is 22.2. The van der Waals surface area contributed by atoms with Crippen LogP contribution in [0.15, 0.2) is 54.0 Å². The molecule has 2 saturated heterocycles. The van der Waals surface area contributed by atoms with E-state index in [4.69, 9.17) is 0 Å². The summed E-state index contributed by atoms with van der Waals surface area (Å²) in [5, 5.41) is 6.20. The van der Waals surface area contributed by atoms with Gasteiger partial charge in [-0.05, 0) is 50.0 Å². The molecule has 0 amide bonds. The van der Waals surface area contributed by atoms with Crippen LogP contribution in [-0.4, -0.2) is 104 Å². The summed E-state index contributed by atoms with van der Waals surface area (Å²) in [5.74, 6) is 1.12. The lowest BCUT2D eigenvalue weighted by Crippen LogP contribution is -2.47. The van der Waals surface area contributed by atoms with Gasteiger partial charge in [-0.1, -0.05) is 30.3 Å². The van der Waals surface area contributed by atoms with Crippen molar-refractivity contribution >= 4 is 22.3 Å². The second kappa shape index (κ2) is 13.3. The molecule has 0 aliphatic carbocycles. The molecule has 198 valence electrons. The number of pyridine rings is 1. The molecule has 8 heteroatoms. The lowest BCUT2D eigenvalue weighted by molar-refractivity contribution is 0.130. The molecule has 1 aromatic carbocycles. The fraction of sp³-hybridized carbons (Fsp3) is 0.517. The lowest BCUT2D eigenvalue weighted by atomic mass is 10.1. The Morgan fingerprint density at radius 2 is 1.43 bits per heavy atom. The molecule has 0 radical (unpaired) electrons. The van der Waals surface area contributed by atoms with E-state index in [1.807, 2.05) is 19.3 Å². The molecule has 0 atom stereocenters. The average Bonchev–Trinajstić information content (AvgIpc) is 3.45. The molecule has 2 fully saturated rings. The van der Waals surface area contributed by atoms with E-state index < -0.39 is 0 Å². The maximum absolute atomic E-state index is 4.61. The quantitative estimate of drug-likeness (QED) is 0.384. The van der Waals surface area contributed by atoms with Gasteiger partial charge in [-0.2, -0.15) is 0 Å². The first-order valence-electron chi connectivity index (χ1n) is 13.8. The van der Waals surface area contributed by atoms with Gasteiger partial charge in [0.25, 0.3) is 0 Å². The van der Waals surface area contributed by atoms with E-state index >= 15 is 0 Å². The van der Waals surface area contributed by atoms with Gasteiger partial charge in [-0.25, -0.2) is 9.97 Å². The molecule has 0 bridgehead atoms. The third-order valence-electron chi connectivity index (χ3n) is 7.69. The van der Waals surface area contributed by atoms with Crippen molar-refractivity contribution in [2.24, 2.45) is 0 Å². The lowest BCUT2D eigenvalue weighted by Gasteiger charge is -2.36. The Morgan fingerprint density at radius 3 is 2.03 bits per heavy atom. The molecule has 0 unspecified atom stereocenters. The van der Waals surface area contributed by atoms with Gasteiger partial charge in [0.15, 0.2) is 5.13 Å².